The van der Waals surface area contributed by atoms with Crippen molar-refractivity contribution in [2.75, 3.05) is 0 Å². The van der Waals surface area contributed by atoms with Crippen LogP contribution in [-0.4, -0.2) is 0 Å². The van der Waals surface area contributed by atoms with Crippen LogP contribution in [0.15, 0.2) is 0 Å². The number of hydrogen-bond acceptors (Lipinski definition) is 0. The van der Waals surface area contributed by atoms with Gasteiger partial charge in [-0.15, -0.1) is 0 Å². The van der Waals surface area contributed by atoms with Crippen molar-refractivity contribution in [1.29, 1.82) is 0 Å². The lowest BCUT2D eigenvalue weighted by molar-refractivity contribution is 0.660. The zero-order chi connectivity index (χ0) is 5.15. The highest BCUT2D eigenvalue weighted by Gasteiger charge is 1.96. The lowest BCUT2D eigenvalue weighted by Gasteiger charge is -2.06. The largest absolute Gasteiger partial charge is 0.295 e. The van der Waals surface area contributed by atoms with E-state index in [9.17, 15) is 0 Å². The zero-order valence-corrected chi connectivity index (χ0v) is 3.98. The summed E-state index contributed by atoms with van der Waals surface area (Å²) in [4.78, 5) is 0. The predicted octanol–water partition coefficient (Wildman–Crippen LogP) is 1.56. The standard InChI is InChI=1S/C6H10/c1-5(2)6(3)4/h5-6H,1-4H2. The lowest BCUT2D eigenvalue weighted by atomic mass is 10.0. The lowest BCUT2D eigenvalue weighted by Crippen LogP contribution is -1.97. The first-order chi connectivity index (χ1) is 2.64. The SMILES string of the molecule is [CH2+]C([CH2-])C([CH2+])[CH2-]. The van der Waals surface area contributed by atoms with Crippen LogP contribution < -0.4 is 0 Å². The molecule has 0 aromatic carbocycles. The average molecular weight is 82.1 g/mol. The Morgan fingerprint density at radius 2 is 1.17 bits per heavy atom. The maximum atomic E-state index is 3.60. The average Bonchev–Trinajstić information content (AvgIpc) is 1.36. The molecule has 0 unspecified atom stereocenters. The zero-order valence-electron chi connectivity index (χ0n) is 3.98. The monoisotopic (exact) mass is 82.1 g/mol. The summed E-state index contributed by atoms with van der Waals surface area (Å²) < 4.78 is 0. The fourth-order valence-electron chi connectivity index (χ4n) is 0. The topological polar surface area (TPSA) is 0 Å². The second-order valence-corrected chi connectivity index (χ2v) is 1.52. The van der Waals surface area contributed by atoms with Gasteiger partial charge in [0.15, 0.2) is 0 Å². The van der Waals surface area contributed by atoms with Crippen LogP contribution in [0.1, 0.15) is 0 Å². The molecule has 0 radical (unpaired) electrons. The van der Waals surface area contributed by atoms with Gasteiger partial charge in [-0.25, -0.2) is 0 Å². The minimum absolute atomic E-state index is 0.130. The van der Waals surface area contributed by atoms with E-state index in [-0.39, 0.29) is 11.8 Å². The molecule has 6 heavy (non-hydrogen) atoms. The molecule has 0 heteroatoms. The molecule has 0 aromatic rings. The van der Waals surface area contributed by atoms with Crippen molar-refractivity contribution in [1.82, 2.24) is 0 Å². The van der Waals surface area contributed by atoms with Crippen molar-refractivity contribution in [3.8, 4) is 0 Å². The van der Waals surface area contributed by atoms with Crippen molar-refractivity contribution in [3.05, 3.63) is 27.7 Å². The van der Waals surface area contributed by atoms with Gasteiger partial charge in [0.2, 0.25) is 0 Å². The summed E-state index contributed by atoms with van der Waals surface area (Å²) in [5.74, 6) is 0.259. The summed E-state index contributed by atoms with van der Waals surface area (Å²) in [6, 6.07) is 0. The summed E-state index contributed by atoms with van der Waals surface area (Å²) in [6.45, 7) is 14.4. The van der Waals surface area contributed by atoms with E-state index >= 15 is 0 Å². The van der Waals surface area contributed by atoms with Gasteiger partial charge in [0.25, 0.3) is 0 Å². The summed E-state index contributed by atoms with van der Waals surface area (Å²) in [5.41, 5.74) is 0. The van der Waals surface area contributed by atoms with E-state index in [0.717, 1.165) is 0 Å². The Hall–Kier alpha value is -0.260. The molecule has 0 heterocycles. The van der Waals surface area contributed by atoms with E-state index in [1.807, 2.05) is 0 Å². The molecule has 0 aliphatic carbocycles. The van der Waals surface area contributed by atoms with Crippen molar-refractivity contribution in [3.63, 3.8) is 0 Å². The molecule has 0 rings (SSSR count). The van der Waals surface area contributed by atoms with Crippen LogP contribution in [0.4, 0.5) is 0 Å². The van der Waals surface area contributed by atoms with Gasteiger partial charge in [-0.1, -0.05) is 0 Å². The van der Waals surface area contributed by atoms with Crippen LogP contribution in [0.2, 0.25) is 0 Å². The molecule has 0 amide bonds. The maximum absolute atomic E-state index is 3.60. The third-order valence-electron chi connectivity index (χ3n) is 0.667. The Bertz CT molecular complexity index is 21.0. The van der Waals surface area contributed by atoms with Crippen LogP contribution in [0.25, 0.3) is 0 Å². The molecule has 0 spiro atoms. The smallest absolute Gasteiger partial charge is 0.0349 e. The molecule has 0 aliphatic rings. The van der Waals surface area contributed by atoms with Crippen LogP contribution in [-0.2, 0) is 0 Å². The van der Waals surface area contributed by atoms with Crippen molar-refractivity contribution in [2.24, 2.45) is 11.8 Å². The summed E-state index contributed by atoms with van der Waals surface area (Å²) >= 11 is 0. The Morgan fingerprint density at radius 3 is 1.17 bits per heavy atom. The van der Waals surface area contributed by atoms with E-state index in [1.54, 1.807) is 0 Å². The van der Waals surface area contributed by atoms with Crippen LogP contribution in [0, 0.1) is 39.5 Å². The molecule has 0 aliphatic heterocycles. The molecule has 0 atom stereocenters. The highest BCUT2D eigenvalue weighted by molar-refractivity contribution is 4.76. The number of hydrogen-bond donors (Lipinski definition) is 0. The van der Waals surface area contributed by atoms with Gasteiger partial charge >= 0.3 is 0 Å². The summed E-state index contributed by atoms with van der Waals surface area (Å²) in [7, 11) is 0. The van der Waals surface area contributed by atoms with E-state index in [2.05, 4.69) is 27.7 Å². The Balaban J connectivity index is 2.99. The predicted molar refractivity (Wildman–Crippen MR) is 28.4 cm³/mol. The molecule has 0 N–H and O–H groups in total. The van der Waals surface area contributed by atoms with Gasteiger partial charge < -0.3 is 0 Å². The van der Waals surface area contributed by atoms with Gasteiger partial charge in [-0.05, 0) is 11.8 Å². The minimum Gasteiger partial charge on any atom is -0.295 e. The summed E-state index contributed by atoms with van der Waals surface area (Å²) in [6.07, 6.45) is 0. The highest BCUT2D eigenvalue weighted by atomic mass is 14.0. The Kier molecular flexibility index (Phi) is 1.93. The second-order valence-electron chi connectivity index (χ2n) is 1.52. The third kappa shape index (κ3) is 2.01. The quantitative estimate of drug-likeness (QED) is 0.421. The molecular formula is C6H10. The first-order valence-electron chi connectivity index (χ1n) is 1.97. The Labute approximate surface area is 40.6 Å². The molecule has 0 bridgehead atoms. The summed E-state index contributed by atoms with van der Waals surface area (Å²) in [5, 5.41) is 0. The fraction of sp³-hybridized carbons (Fsp3) is 0.333. The van der Waals surface area contributed by atoms with E-state index in [4.69, 9.17) is 0 Å². The van der Waals surface area contributed by atoms with Crippen molar-refractivity contribution < 1.29 is 0 Å². The molecule has 0 saturated carbocycles. The molecule has 0 fully saturated rings. The van der Waals surface area contributed by atoms with Gasteiger partial charge in [0.1, 0.15) is 0 Å². The molecule has 34 valence electrons. The molecule has 0 saturated heterocycles. The Morgan fingerprint density at radius 1 is 1.00 bits per heavy atom. The normalized spacial score (nSPS) is 19.7. The van der Waals surface area contributed by atoms with E-state index < -0.39 is 0 Å². The van der Waals surface area contributed by atoms with Crippen molar-refractivity contribution >= 4 is 0 Å². The van der Waals surface area contributed by atoms with Gasteiger partial charge in [0.05, 0.1) is 0 Å². The van der Waals surface area contributed by atoms with Gasteiger partial charge in [0, 0.05) is 13.8 Å². The van der Waals surface area contributed by atoms with Crippen molar-refractivity contribution in [2.45, 2.75) is 0 Å². The van der Waals surface area contributed by atoms with Gasteiger partial charge in [-0.2, -0.15) is 0 Å². The van der Waals surface area contributed by atoms with Crippen LogP contribution in [0.3, 0.4) is 0 Å². The minimum atomic E-state index is 0.130. The fourth-order valence-corrected chi connectivity index (χ4v) is 0. The van der Waals surface area contributed by atoms with Gasteiger partial charge in [-0.3, -0.25) is 13.8 Å². The molecule has 0 nitrogen and oxygen atoms in total. The first kappa shape index (κ1) is 5.74. The van der Waals surface area contributed by atoms with E-state index in [0.29, 0.717) is 0 Å². The molecular weight excluding hydrogens is 72.1 g/mol. The third-order valence-corrected chi connectivity index (χ3v) is 0.667. The van der Waals surface area contributed by atoms with Crippen LogP contribution >= 0.6 is 0 Å². The highest BCUT2D eigenvalue weighted by Crippen LogP contribution is 2.03. The second kappa shape index (κ2) is 2.01. The number of rotatable bonds is 1. The molecule has 0 aromatic heterocycles. The first-order valence-corrected chi connectivity index (χ1v) is 1.97. The van der Waals surface area contributed by atoms with E-state index in [1.165, 1.54) is 0 Å². The van der Waals surface area contributed by atoms with Crippen LogP contribution in [0.5, 0.6) is 0 Å². The maximum Gasteiger partial charge on any atom is 0.0349 e.